The minimum atomic E-state index is 0.528. The topological polar surface area (TPSA) is 30.7 Å². The summed E-state index contributed by atoms with van der Waals surface area (Å²) < 4.78 is 1.92. The van der Waals surface area contributed by atoms with Gasteiger partial charge in [-0.1, -0.05) is 11.6 Å². The molecule has 0 aromatic carbocycles. The van der Waals surface area contributed by atoms with Gasteiger partial charge < -0.3 is 0 Å². The first-order chi connectivity index (χ1) is 6.22. The van der Waals surface area contributed by atoms with E-state index in [0.717, 1.165) is 23.1 Å². The number of halogens is 1. The van der Waals surface area contributed by atoms with Gasteiger partial charge in [0.15, 0.2) is 0 Å². The van der Waals surface area contributed by atoms with E-state index in [1.807, 2.05) is 23.9 Å². The number of rotatable bonds is 1. The Bertz CT molecular complexity index is 447. The summed E-state index contributed by atoms with van der Waals surface area (Å²) in [6.07, 6.45) is 1.82. The molecule has 2 heterocycles. The van der Waals surface area contributed by atoms with Crippen LogP contribution < -0.4 is 0 Å². The molecule has 0 aliphatic rings. The lowest BCUT2D eigenvalue weighted by Gasteiger charge is -2.01. The van der Waals surface area contributed by atoms with Gasteiger partial charge in [-0.2, -0.15) is 5.10 Å². The lowest BCUT2D eigenvalue weighted by Crippen LogP contribution is -1.98. The summed E-state index contributed by atoms with van der Waals surface area (Å²) in [4.78, 5) is 4.19. The van der Waals surface area contributed by atoms with Crippen LogP contribution in [0.2, 0.25) is 5.15 Å². The highest BCUT2D eigenvalue weighted by Gasteiger charge is 2.06. The van der Waals surface area contributed by atoms with E-state index in [1.165, 1.54) is 0 Å². The van der Waals surface area contributed by atoms with Gasteiger partial charge in [-0.15, -0.1) is 0 Å². The number of hydrogen-bond acceptors (Lipinski definition) is 2. The third kappa shape index (κ3) is 1.29. The SMILES string of the molecule is CCn1ncc2cc(Cl)nc(C)c21. The van der Waals surface area contributed by atoms with E-state index in [9.17, 15) is 0 Å². The second kappa shape index (κ2) is 3.00. The zero-order chi connectivity index (χ0) is 9.42. The van der Waals surface area contributed by atoms with Crippen molar-refractivity contribution in [2.45, 2.75) is 20.4 Å². The molecule has 0 bridgehead atoms. The monoisotopic (exact) mass is 195 g/mol. The van der Waals surface area contributed by atoms with E-state index in [-0.39, 0.29) is 0 Å². The quantitative estimate of drug-likeness (QED) is 0.655. The number of aromatic nitrogens is 3. The van der Waals surface area contributed by atoms with Gasteiger partial charge in [0.1, 0.15) is 5.15 Å². The van der Waals surface area contributed by atoms with Crippen LogP contribution in [0.25, 0.3) is 10.9 Å². The molecule has 0 atom stereocenters. The molecule has 0 amide bonds. The molecule has 2 rings (SSSR count). The zero-order valence-electron chi connectivity index (χ0n) is 7.58. The average molecular weight is 196 g/mol. The van der Waals surface area contributed by atoms with Crippen LogP contribution in [0.3, 0.4) is 0 Å². The first-order valence-corrected chi connectivity index (χ1v) is 4.59. The molecule has 0 radical (unpaired) electrons. The maximum absolute atomic E-state index is 5.83. The fourth-order valence-electron chi connectivity index (χ4n) is 1.51. The first kappa shape index (κ1) is 8.51. The van der Waals surface area contributed by atoms with Gasteiger partial charge in [-0.05, 0) is 19.9 Å². The predicted octanol–water partition coefficient (Wildman–Crippen LogP) is 2.41. The van der Waals surface area contributed by atoms with Gasteiger partial charge in [0, 0.05) is 11.9 Å². The van der Waals surface area contributed by atoms with E-state index in [1.54, 1.807) is 0 Å². The van der Waals surface area contributed by atoms with Crippen LogP contribution in [0.5, 0.6) is 0 Å². The molecule has 4 heteroatoms. The molecule has 2 aromatic rings. The van der Waals surface area contributed by atoms with Crippen LogP contribution >= 0.6 is 11.6 Å². The van der Waals surface area contributed by atoms with Crippen molar-refractivity contribution >= 4 is 22.5 Å². The van der Waals surface area contributed by atoms with Crippen molar-refractivity contribution in [3.05, 3.63) is 23.1 Å². The fourth-order valence-corrected chi connectivity index (χ4v) is 1.76. The summed E-state index contributed by atoms with van der Waals surface area (Å²) in [5.74, 6) is 0. The Morgan fingerprint density at radius 3 is 3.00 bits per heavy atom. The maximum Gasteiger partial charge on any atom is 0.130 e. The van der Waals surface area contributed by atoms with Crippen molar-refractivity contribution in [2.75, 3.05) is 0 Å². The van der Waals surface area contributed by atoms with E-state index >= 15 is 0 Å². The zero-order valence-corrected chi connectivity index (χ0v) is 8.34. The molecule has 68 valence electrons. The second-order valence-electron chi connectivity index (χ2n) is 2.93. The molecule has 13 heavy (non-hydrogen) atoms. The lowest BCUT2D eigenvalue weighted by atomic mass is 10.3. The van der Waals surface area contributed by atoms with Gasteiger partial charge in [-0.3, -0.25) is 4.68 Å². The molecular formula is C9H10ClN3. The molecular weight excluding hydrogens is 186 g/mol. The van der Waals surface area contributed by atoms with E-state index in [4.69, 9.17) is 11.6 Å². The van der Waals surface area contributed by atoms with Crippen molar-refractivity contribution in [1.29, 1.82) is 0 Å². The predicted molar refractivity (Wildman–Crippen MR) is 52.9 cm³/mol. The molecule has 0 aliphatic heterocycles. The van der Waals surface area contributed by atoms with Crippen LogP contribution in [0.15, 0.2) is 12.3 Å². The summed E-state index contributed by atoms with van der Waals surface area (Å²) >= 11 is 5.83. The number of nitrogens with zero attached hydrogens (tertiary/aromatic N) is 3. The summed E-state index contributed by atoms with van der Waals surface area (Å²) in [5.41, 5.74) is 2.01. The van der Waals surface area contributed by atoms with Gasteiger partial charge in [0.2, 0.25) is 0 Å². The second-order valence-corrected chi connectivity index (χ2v) is 3.32. The van der Waals surface area contributed by atoms with Crippen LogP contribution in [0.4, 0.5) is 0 Å². The van der Waals surface area contributed by atoms with Crippen LogP contribution in [0.1, 0.15) is 12.6 Å². The van der Waals surface area contributed by atoms with E-state index in [0.29, 0.717) is 5.15 Å². The Balaban J connectivity index is 2.82. The van der Waals surface area contributed by atoms with E-state index < -0.39 is 0 Å². The lowest BCUT2D eigenvalue weighted by molar-refractivity contribution is 0.681. The molecule has 0 saturated carbocycles. The maximum atomic E-state index is 5.83. The average Bonchev–Trinajstić information content (AvgIpc) is 2.47. The molecule has 0 saturated heterocycles. The van der Waals surface area contributed by atoms with Gasteiger partial charge in [-0.25, -0.2) is 4.98 Å². The highest BCUT2D eigenvalue weighted by Crippen LogP contribution is 2.19. The van der Waals surface area contributed by atoms with E-state index in [2.05, 4.69) is 17.0 Å². The Hall–Kier alpha value is -1.09. The Morgan fingerprint density at radius 2 is 2.31 bits per heavy atom. The third-order valence-electron chi connectivity index (χ3n) is 2.06. The Kier molecular flexibility index (Phi) is 1.96. The Labute approximate surface area is 81.3 Å². The molecule has 2 aromatic heterocycles. The minimum Gasteiger partial charge on any atom is -0.263 e. The molecule has 0 unspecified atom stereocenters. The fraction of sp³-hybridized carbons (Fsp3) is 0.333. The summed E-state index contributed by atoms with van der Waals surface area (Å²) in [5, 5.41) is 5.82. The van der Waals surface area contributed by atoms with Gasteiger partial charge in [0.05, 0.1) is 17.4 Å². The molecule has 0 spiro atoms. The number of hydrogen-bond donors (Lipinski definition) is 0. The van der Waals surface area contributed by atoms with Crippen molar-refractivity contribution in [2.24, 2.45) is 0 Å². The number of fused-ring (bicyclic) bond motifs is 1. The summed E-state index contributed by atoms with van der Waals surface area (Å²) in [6, 6.07) is 1.84. The van der Waals surface area contributed by atoms with Crippen molar-refractivity contribution in [3.63, 3.8) is 0 Å². The normalized spacial score (nSPS) is 11.0. The minimum absolute atomic E-state index is 0.528. The summed E-state index contributed by atoms with van der Waals surface area (Å²) in [7, 11) is 0. The van der Waals surface area contributed by atoms with Crippen LogP contribution in [-0.2, 0) is 6.54 Å². The summed E-state index contributed by atoms with van der Waals surface area (Å²) in [6.45, 7) is 4.86. The molecule has 0 N–H and O–H groups in total. The third-order valence-corrected chi connectivity index (χ3v) is 2.25. The number of pyridine rings is 1. The van der Waals surface area contributed by atoms with Crippen molar-refractivity contribution in [1.82, 2.24) is 14.8 Å². The van der Waals surface area contributed by atoms with Gasteiger partial charge in [0.25, 0.3) is 0 Å². The molecule has 3 nitrogen and oxygen atoms in total. The Morgan fingerprint density at radius 1 is 1.54 bits per heavy atom. The highest BCUT2D eigenvalue weighted by atomic mass is 35.5. The van der Waals surface area contributed by atoms with Crippen molar-refractivity contribution < 1.29 is 0 Å². The largest absolute Gasteiger partial charge is 0.263 e. The highest BCUT2D eigenvalue weighted by molar-refractivity contribution is 6.30. The smallest absolute Gasteiger partial charge is 0.130 e. The van der Waals surface area contributed by atoms with Crippen LogP contribution in [-0.4, -0.2) is 14.8 Å². The standard InChI is InChI=1S/C9H10ClN3/c1-3-13-9-6(2)12-8(10)4-7(9)5-11-13/h4-5H,3H2,1-2H3. The van der Waals surface area contributed by atoms with Crippen LogP contribution in [0, 0.1) is 6.92 Å². The molecule has 0 aliphatic carbocycles. The number of aryl methyl sites for hydroxylation is 2. The van der Waals surface area contributed by atoms with Crippen molar-refractivity contribution in [3.8, 4) is 0 Å². The van der Waals surface area contributed by atoms with Gasteiger partial charge >= 0.3 is 0 Å². The first-order valence-electron chi connectivity index (χ1n) is 4.21. The molecule has 0 fully saturated rings.